The Balaban J connectivity index is 1.08. The van der Waals surface area contributed by atoms with Crippen LogP contribution < -0.4 is 15.0 Å². The Bertz CT molecular complexity index is 2340. The molecule has 4 aliphatic heterocycles. The van der Waals surface area contributed by atoms with E-state index in [4.69, 9.17) is 16.1 Å². The van der Waals surface area contributed by atoms with Gasteiger partial charge in [0.2, 0.25) is 11.8 Å². The molecule has 0 spiro atoms. The van der Waals surface area contributed by atoms with Crippen molar-refractivity contribution in [2.24, 2.45) is 5.92 Å². The highest BCUT2D eigenvalue weighted by molar-refractivity contribution is 6.03. The number of rotatable bonds is 8. The Kier molecular flexibility index (Phi) is 9.46. The van der Waals surface area contributed by atoms with Crippen LogP contribution in [0.5, 0.6) is 11.8 Å². The molecule has 5 fully saturated rings. The predicted molar refractivity (Wildman–Crippen MR) is 208 cm³/mol. The molecule has 2 amide bonds. The third-order valence-corrected chi connectivity index (χ3v) is 12.9. The smallest absolute Gasteiger partial charge is 0.319 e. The maximum Gasteiger partial charge on any atom is 0.319 e. The lowest BCUT2D eigenvalue weighted by Gasteiger charge is -2.44. The van der Waals surface area contributed by atoms with Gasteiger partial charge in [-0.15, -0.1) is 6.42 Å². The normalized spacial score (nSPS) is 27.1. The monoisotopic (exact) mass is 779 g/mol. The van der Waals surface area contributed by atoms with Gasteiger partial charge in [-0.1, -0.05) is 25.0 Å². The van der Waals surface area contributed by atoms with Crippen LogP contribution >= 0.6 is 0 Å². The molecule has 2 unspecified atom stereocenters. The summed E-state index contributed by atoms with van der Waals surface area (Å²) in [6.07, 6.45) is 14.1. The van der Waals surface area contributed by atoms with Crippen LogP contribution in [-0.4, -0.2) is 104 Å². The average Bonchev–Trinajstić information content (AvgIpc) is 3.82. The van der Waals surface area contributed by atoms with E-state index in [0.29, 0.717) is 49.1 Å². The maximum atomic E-state index is 17.2. The number of phenolic OH excluding ortho intramolecular Hbond substituents is 1. The van der Waals surface area contributed by atoms with Crippen molar-refractivity contribution in [3.05, 3.63) is 60.3 Å². The molecule has 296 valence electrons. The number of alkyl halides is 1. The number of halogens is 3. The first-order valence-corrected chi connectivity index (χ1v) is 19.9. The van der Waals surface area contributed by atoms with E-state index >= 15 is 8.78 Å². The molecular formula is C43H44F3N7O4. The number of pyridine rings is 1. The zero-order valence-corrected chi connectivity index (χ0v) is 31.5. The van der Waals surface area contributed by atoms with E-state index in [0.717, 1.165) is 51.5 Å². The molecule has 5 aliphatic rings. The molecule has 14 heteroatoms. The molecule has 1 saturated carbocycles. The highest BCUT2D eigenvalue weighted by Crippen LogP contribution is 2.43. The van der Waals surface area contributed by atoms with Crippen LogP contribution in [0.25, 0.3) is 32.9 Å². The van der Waals surface area contributed by atoms with Gasteiger partial charge in [-0.3, -0.25) is 19.5 Å². The van der Waals surface area contributed by atoms with Gasteiger partial charge in [-0.2, -0.15) is 9.97 Å². The number of carbonyl (C=O) groups excluding carboxylic acids is 2. The lowest BCUT2D eigenvalue weighted by molar-refractivity contribution is -0.140. The molecule has 11 nitrogen and oxygen atoms in total. The molecule has 6 atom stereocenters. The van der Waals surface area contributed by atoms with E-state index in [9.17, 15) is 19.1 Å². The number of fused-ring (bicyclic) bond motifs is 5. The summed E-state index contributed by atoms with van der Waals surface area (Å²) in [6.45, 7) is 5.66. The van der Waals surface area contributed by atoms with Gasteiger partial charge >= 0.3 is 6.01 Å². The fourth-order valence-corrected chi connectivity index (χ4v) is 10.4. The van der Waals surface area contributed by atoms with Gasteiger partial charge in [0, 0.05) is 67.2 Å². The highest BCUT2D eigenvalue weighted by atomic mass is 19.1. The van der Waals surface area contributed by atoms with Gasteiger partial charge in [-0.05, 0) is 81.2 Å². The Hall–Kier alpha value is -5.42. The minimum absolute atomic E-state index is 0.0751. The Morgan fingerprint density at radius 3 is 2.68 bits per heavy atom. The van der Waals surface area contributed by atoms with Crippen LogP contribution in [-0.2, 0) is 9.59 Å². The van der Waals surface area contributed by atoms with Gasteiger partial charge < -0.3 is 25.0 Å². The summed E-state index contributed by atoms with van der Waals surface area (Å²) in [7, 11) is 0. The first-order chi connectivity index (χ1) is 27.6. The summed E-state index contributed by atoms with van der Waals surface area (Å²) in [5, 5.41) is 14.6. The number of phenols is 1. The zero-order valence-electron chi connectivity index (χ0n) is 31.5. The zero-order chi connectivity index (χ0) is 39.6. The number of ether oxygens (including phenoxy) is 1. The molecule has 1 aliphatic carbocycles. The van der Waals surface area contributed by atoms with Gasteiger partial charge in [0.25, 0.3) is 0 Å². The fraction of sp³-hybridized carbons (Fsp3) is 0.465. The van der Waals surface area contributed by atoms with E-state index < -0.39 is 23.3 Å². The Labute approximate surface area is 328 Å². The number of carbonyl (C=O) groups is 2. The molecule has 2 aromatic carbocycles. The van der Waals surface area contributed by atoms with Gasteiger partial charge in [0.1, 0.15) is 41.4 Å². The van der Waals surface area contributed by atoms with Crippen molar-refractivity contribution in [1.82, 2.24) is 30.1 Å². The minimum Gasteiger partial charge on any atom is -0.508 e. The number of anilines is 1. The number of hydrogen-bond donors (Lipinski definition) is 2. The molecule has 9 rings (SSSR count). The number of aromatic hydroxyl groups is 1. The molecule has 6 heterocycles. The summed E-state index contributed by atoms with van der Waals surface area (Å²) in [5.74, 6) is 0.732. The first kappa shape index (κ1) is 37.2. The van der Waals surface area contributed by atoms with E-state index in [2.05, 4.69) is 32.7 Å². The highest BCUT2D eigenvalue weighted by Gasteiger charge is 2.50. The molecule has 0 radical (unpaired) electrons. The topological polar surface area (TPSA) is 124 Å². The lowest BCUT2D eigenvalue weighted by atomic mass is 9.84. The predicted octanol–water partition coefficient (Wildman–Crippen LogP) is 5.81. The molecular weight excluding hydrogens is 736 g/mol. The van der Waals surface area contributed by atoms with Gasteiger partial charge in [-0.25, -0.2) is 13.2 Å². The maximum absolute atomic E-state index is 17.2. The van der Waals surface area contributed by atoms with Crippen molar-refractivity contribution in [2.45, 2.75) is 87.6 Å². The van der Waals surface area contributed by atoms with Crippen LogP contribution in [0.1, 0.15) is 63.4 Å². The van der Waals surface area contributed by atoms with Crippen molar-refractivity contribution >= 4 is 39.3 Å². The van der Waals surface area contributed by atoms with E-state index in [1.807, 2.05) is 9.80 Å². The third-order valence-electron chi connectivity index (χ3n) is 12.9. The van der Waals surface area contributed by atoms with Crippen LogP contribution in [0.15, 0.2) is 43.1 Å². The number of nitrogens with one attached hydrogen (secondary N) is 1. The molecule has 4 saturated heterocycles. The van der Waals surface area contributed by atoms with Crippen LogP contribution in [0.3, 0.4) is 0 Å². The number of terminal acetylenes is 1. The summed E-state index contributed by atoms with van der Waals surface area (Å²) in [6, 6.07) is 4.99. The van der Waals surface area contributed by atoms with Gasteiger partial charge in [0.15, 0.2) is 5.82 Å². The lowest BCUT2D eigenvalue weighted by Crippen LogP contribution is -2.58. The van der Waals surface area contributed by atoms with Crippen molar-refractivity contribution < 1.29 is 32.6 Å². The van der Waals surface area contributed by atoms with Crippen molar-refractivity contribution in [1.29, 1.82) is 0 Å². The SMILES string of the molecule is C#Cc1c(F)ccc2cc(O)cc(-c3ncc4c(N5CC6CCC(C5)N6C(=O)[C@H]5CCC[C@@H](NC(=O)C=C)C5)nc(OC[C@@]56CCCN5C[C@H](F)C6)nc4c3F)c12. The third kappa shape index (κ3) is 6.49. The number of benzene rings is 2. The molecule has 2 N–H and O–H groups in total. The number of aromatic nitrogens is 3. The second-order valence-corrected chi connectivity index (χ2v) is 16.3. The standard InChI is InChI=1S/C43H44F3N7O4/c1-3-31-34(45)12-9-24-16-30(54)17-32(36(24)31)38-37(46)39-33(19-47-38)40(50-42(49-39)57-23-43-13-6-14-52(43)20-26(44)18-43)51-21-28-10-11-29(22-51)53(28)41(56)25-7-5-8-27(15-25)48-35(55)4-2/h1,4,9,12,16-17,19,25-29,54H,2,5-8,10-11,13-15,18,20-23H2,(H,48,55)/t25-,26+,27+,28?,29?,43-/m0/s1. The van der Waals surface area contributed by atoms with Crippen molar-refractivity contribution in [3.8, 4) is 35.4 Å². The average molecular weight is 780 g/mol. The Morgan fingerprint density at radius 2 is 1.91 bits per heavy atom. The second kappa shape index (κ2) is 14.5. The summed E-state index contributed by atoms with van der Waals surface area (Å²) in [5.41, 5.74) is -0.783. The van der Waals surface area contributed by atoms with Crippen molar-refractivity contribution in [2.75, 3.05) is 37.7 Å². The molecule has 57 heavy (non-hydrogen) atoms. The molecule has 2 aromatic heterocycles. The fourth-order valence-electron chi connectivity index (χ4n) is 10.4. The van der Waals surface area contributed by atoms with Gasteiger partial charge in [0.05, 0.1) is 16.5 Å². The number of hydrogen-bond acceptors (Lipinski definition) is 9. The number of nitrogens with zero attached hydrogens (tertiary/aromatic N) is 6. The first-order valence-electron chi connectivity index (χ1n) is 19.9. The van der Waals surface area contributed by atoms with Crippen LogP contribution in [0.4, 0.5) is 19.0 Å². The summed E-state index contributed by atoms with van der Waals surface area (Å²) >= 11 is 0. The quantitative estimate of drug-likeness (QED) is 0.169. The largest absolute Gasteiger partial charge is 0.508 e. The van der Waals surface area contributed by atoms with Crippen LogP contribution in [0.2, 0.25) is 0 Å². The molecule has 4 aromatic rings. The van der Waals surface area contributed by atoms with Crippen molar-refractivity contribution in [3.63, 3.8) is 0 Å². The number of piperazine rings is 1. The summed E-state index contributed by atoms with van der Waals surface area (Å²) < 4.78 is 53.2. The number of amides is 2. The van der Waals surface area contributed by atoms with E-state index in [1.54, 1.807) is 0 Å². The second-order valence-electron chi connectivity index (χ2n) is 16.3. The van der Waals surface area contributed by atoms with E-state index in [-0.39, 0.29) is 81.9 Å². The minimum atomic E-state index is -0.970. The molecule has 2 bridgehead atoms. The Morgan fingerprint density at radius 1 is 1.11 bits per heavy atom. The van der Waals surface area contributed by atoms with Crippen LogP contribution in [0, 0.1) is 29.9 Å². The van der Waals surface area contributed by atoms with E-state index in [1.165, 1.54) is 36.5 Å². The summed E-state index contributed by atoms with van der Waals surface area (Å²) in [4.78, 5) is 46.3.